The number of anilines is 1. The van der Waals surface area contributed by atoms with Crippen molar-refractivity contribution in [1.82, 2.24) is 4.98 Å². The predicted molar refractivity (Wildman–Crippen MR) is 68.0 cm³/mol. The zero-order valence-electron chi connectivity index (χ0n) is 9.93. The minimum absolute atomic E-state index is 0.0941. The van der Waals surface area contributed by atoms with Crippen molar-refractivity contribution in [3.63, 3.8) is 0 Å². The molecule has 0 aliphatic heterocycles. The molecule has 0 radical (unpaired) electrons. The van der Waals surface area contributed by atoms with Gasteiger partial charge in [0.1, 0.15) is 0 Å². The van der Waals surface area contributed by atoms with Crippen molar-refractivity contribution in [3.05, 3.63) is 27.4 Å². The normalized spacial score (nSPS) is 23.0. The molecule has 0 aromatic carbocycles. The van der Waals surface area contributed by atoms with E-state index in [-0.39, 0.29) is 28.7 Å². The van der Waals surface area contributed by atoms with Crippen molar-refractivity contribution in [2.24, 2.45) is 0 Å². The molecule has 2 rings (SSSR count). The van der Waals surface area contributed by atoms with Crippen molar-refractivity contribution in [1.29, 1.82) is 0 Å². The zero-order chi connectivity index (χ0) is 13.1. The van der Waals surface area contributed by atoms with Gasteiger partial charge in [-0.2, -0.15) is 0 Å². The van der Waals surface area contributed by atoms with Crippen LogP contribution in [0.3, 0.4) is 0 Å². The van der Waals surface area contributed by atoms with Gasteiger partial charge in [-0.15, -0.1) is 0 Å². The summed E-state index contributed by atoms with van der Waals surface area (Å²) in [7, 11) is 1.68. The molecule has 0 bridgehead atoms. The fourth-order valence-corrected chi connectivity index (χ4v) is 2.31. The van der Waals surface area contributed by atoms with E-state index in [1.54, 1.807) is 7.11 Å². The number of pyridine rings is 1. The topological polar surface area (TPSA) is 77.3 Å². The second kappa shape index (κ2) is 5.49. The maximum absolute atomic E-state index is 10.9. The maximum Gasteiger partial charge on any atom is 0.312 e. The quantitative estimate of drug-likeness (QED) is 0.673. The molecule has 1 heterocycles. The number of halogens is 1. The number of nitrogens with one attached hydrogen (secondary N) is 1. The molecule has 1 aromatic heterocycles. The molecule has 1 aliphatic carbocycles. The van der Waals surface area contributed by atoms with Crippen LogP contribution in [-0.4, -0.2) is 29.2 Å². The lowest BCUT2D eigenvalue weighted by atomic mass is 10.2. The minimum Gasteiger partial charge on any atom is -0.381 e. The van der Waals surface area contributed by atoms with E-state index < -0.39 is 4.92 Å². The van der Waals surface area contributed by atoms with E-state index in [0.717, 1.165) is 19.3 Å². The monoisotopic (exact) mass is 271 g/mol. The third kappa shape index (κ3) is 2.88. The largest absolute Gasteiger partial charge is 0.381 e. The summed E-state index contributed by atoms with van der Waals surface area (Å²) in [4.78, 5) is 14.4. The van der Waals surface area contributed by atoms with E-state index >= 15 is 0 Å². The molecule has 2 unspecified atom stereocenters. The van der Waals surface area contributed by atoms with Gasteiger partial charge in [-0.1, -0.05) is 11.6 Å². The Morgan fingerprint density at radius 3 is 3.00 bits per heavy atom. The van der Waals surface area contributed by atoms with Crippen LogP contribution in [-0.2, 0) is 4.74 Å². The number of nitrogens with zero attached hydrogens (tertiary/aromatic N) is 2. The first kappa shape index (κ1) is 13.0. The van der Waals surface area contributed by atoms with E-state index in [9.17, 15) is 10.1 Å². The van der Waals surface area contributed by atoms with Crippen LogP contribution in [0.4, 0.5) is 11.5 Å². The van der Waals surface area contributed by atoms with Crippen molar-refractivity contribution in [3.8, 4) is 0 Å². The van der Waals surface area contributed by atoms with E-state index in [2.05, 4.69) is 10.3 Å². The van der Waals surface area contributed by atoms with Gasteiger partial charge < -0.3 is 10.1 Å². The number of rotatable bonds is 4. The Morgan fingerprint density at radius 2 is 2.39 bits per heavy atom. The van der Waals surface area contributed by atoms with Crippen molar-refractivity contribution < 1.29 is 9.66 Å². The van der Waals surface area contributed by atoms with Crippen molar-refractivity contribution in [2.75, 3.05) is 12.4 Å². The summed E-state index contributed by atoms with van der Waals surface area (Å²) in [6.07, 6.45) is 4.32. The van der Waals surface area contributed by atoms with Crippen molar-refractivity contribution in [2.45, 2.75) is 31.4 Å². The summed E-state index contributed by atoms with van der Waals surface area (Å²) < 4.78 is 5.26. The first-order valence-electron chi connectivity index (χ1n) is 5.69. The highest BCUT2D eigenvalue weighted by Gasteiger charge is 2.27. The molecular formula is C11H14ClN3O3. The van der Waals surface area contributed by atoms with Crippen LogP contribution in [0.2, 0.25) is 5.02 Å². The van der Waals surface area contributed by atoms with E-state index in [1.807, 2.05) is 0 Å². The number of nitro groups is 1. The highest BCUT2D eigenvalue weighted by atomic mass is 35.5. The van der Waals surface area contributed by atoms with Crippen molar-refractivity contribution >= 4 is 23.1 Å². The second-order valence-electron chi connectivity index (χ2n) is 4.29. The van der Waals surface area contributed by atoms with Gasteiger partial charge >= 0.3 is 5.69 Å². The molecule has 1 aromatic rings. The molecule has 6 nitrogen and oxygen atoms in total. The van der Waals surface area contributed by atoms with Gasteiger partial charge in [0.25, 0.3) is 0 Å². The Labute approximate surface area is 109 Å². The number of aromatic nitrogens is 1. The standard InChI is InChI=1S/C11H14ClN3O3/c1-18-9-3-2-8(5-9)14-11-10(15(16)17)4-7(12)6-13-11/h4,6,8-9H,2-3,5H2,1H3,(H,13,14). The molecule has 0 saturated heterocycles. The van der Waals surface area contributed by atoms with Gasteiger partial charge in [-0.25, -0.2) is 4.98 Å². The molecule has 1 aliphatic rings. The van der Waals surface area contributed by atoms with Gasteiger partial charge in [-0.05, 0) is 19.3 Å². The lowest BCUT2D eigenvalue weighted by Gasteiger charge is -2.13. The average molecular weight is 272 g/mol. The van der Waals surface area contributed by atoms with Crippen LogP contribution in [0.25, 0.3) is 0 Å². The Kier molecular flexibility index (Phi) is 3.98. The molecule has 0 spiro atoms. The summed E-state index contributed by atoms with van der Waals surface area (Å²) in [5, 5.41) is 14.3. The summed E-state index contributed by atoms with van der Waals surface area (Å²) in [5.74, 6) is 0.270. The van der Waals surface area contributed by atoms with Gasteiger partial charge in [-0.3, -0.25) is 10.1 Å². The molecule has 2 atom stereocenters. The zero-order valence-corrected chi connectivity index (χ0v) is 10.7. The SMILES string of the molecule is COC1CCC(Nc2ncc(Cl)cc2[N+](=O)[O-])C1. The first-order valence-corrected chi connectivity index (χ1v) is 6.07. The third-order valence-corrected chi connectivity index (χ3v) is 3.30. The van der Waals surface area contributed by atoms with E-state index in [0.29, 0.717) is 0 Å². The highest BCUT2D eigenvalue weighted by molar-refractivity contribution is 6.30. The van der Waals surface area contributed by atoms with E-state index in [1.165, 1.54) is 12.3 Å². The van der Waals surface area contributed by atoms with Crippen LogP contribution in [0, 0.1) is 10.1 Å². The first-order chi connectivity index (χ1) is 8.60. The Hall–Kier alpha value is -1.40. The average Bonchev–Trinajstić information content (AvgIpc) is 2.79. The lowest BCUT2D eigenvalue weighted by molar-refractivity contribution is -0.384. The van der Waals surface area contributed by atoms with E-state index in [4.69, 9.17) is 16.3 Å². The maximum atomic E-state index is 10.9. The molecule has 7 heteroatoms. The molecule has 1 fully saturated rings. The number of hydrogen-bond acceptors (Lipinski definition) is 5. The minimum atomic E-state index is -0.482. The summed E-state index contributed by atoms with van der Waals surface area (Å²) in [6.45, 7) is 0. The summed E-state index contributed by atoms with van der Waals surface area (Å²) in [5.41, 5.74) is -0.0941. The fraction of sp³-hybridized carbons (Fsp3) is 0.545. The molecule has 0 amide bonds. The fourth-order valence-electron chi connectivity index (χ4n) is 2.16. The number of methoxy groups -OCH3 is 1. The molecule has 1 N–H and O–H groups in total. The van der Waals surface area contributed by atoms with Crippen LogP contribution < -0.4 is 5.32 Å². The highest BCUT2D eigenvalue weighted by Crippen LogP contribution is 2.29. The molecule has 1 saturated carbocycles. The lowest BCUT2D eigenvalue weighted by Crippen LogP contribution is -2.18. The third-order valence-electron chi connectivity index (χ3n) is 3.09. The van der Waals surface area contributed by atoms with Gasteiger partial charge in [0.05, 0.1) is 16.0 Å². The van der Waals surface area contributed by atoms with Crippen LogP contribution in [0.5, 0.6) is 0 Å². The van der Waals surface area contributed by atoms with Gasteiger partial charge in [0.2, 0.25) is 5.82 Å². The second-order valence-corrected chi connectivity index (χ2v) is 4.73. The van der Waals surface area contributed by atoms with Crippen LogP contribution >= 0.6 is 11.6 Å². The molecule has 98 valence electrons. The predicted octanol–water partition coefficient (Wildman–Crippen LogP) is 2.62. The Balaban J connectivity index is 2.12. The Bertz CT molecular complexity index is 455. The van der Waals surface area contributed by atoms with Crippen LogP contribution in [0.1, 0.15) is 19.3 Å². The van der Waals surface area contributed by atoms with Crippen LogP contribution in [0.15, 0.2) is 12.3 Å². The van der Waals surface area contributed by atoms with Gasteiger partial charge in [0, 0.05) is 25.4 Å². The smallest absolute Gasteiger partial charge is 0.312 e. The number of ether oxygens (including phenoxy) is 1. The molecular weight excluding hydrogens is 258 g/mol. The summed E-state index contributed by atoms with van der Waals surface area (Å²) in [6, 6.07) is 1.46. The summed E-state index contributed by atoms with van der Waals surface area (Å²) >= 11 is 5.71. The van der Waals surface area contributed by atoms with Gasteiger partial charge in [0.15, 0.2) is 0 Å². The number of hydrogen-bond donors (Lipinski definition) is 1. The molecule has 18 heavy (non-hydrogen) atoms. The Morgan fingerprint density at radius 1 is 1.61 bits per heavy atom.